The lowest BCUT2D eigenvalue weighted by molar-refractivity contribution is -0.305. The Morgan fingerprint density at radius 1 is 0.975 bits per heavy atom. The maximum Gasteiger partial charge on any atom is 0.254 e. The van der Waals surface area contributed by atoms with Crippen molar-refractivity contribution in [2.45, 2.75) is 82.9 Å². The van der Waals surface area contributed by atoms with E-state index in [2.05, 4.69) is 6.92 Å². The molecule has 0 aliphatic rings. The molecule has 0 aliphatic carbocycles. The van der Waals surface area contributed by atoms with E-state index in [1.54, 1.807) is 4.90 Å². The van der Waals surface area contributed by atoms with E-state index in [0.717, 1.165) is 48.3 Å². The van der Waals surface area contributed by atoms with Gasteiger partial charge in [-0.05, 0) is 36.6 Å². The van der Waals surface area contributed by atoms with Gasteiger partial charge in [-0.2, -0.15) is 0 Å². The lowest BCUT2D eigenvalue weighted by Crippen LogP contribution is -2.38. The molecule has 1 heterocycles. The maximum atomic E-state index is 13.7. The molecule has 0 bridgehead atoms. The molecule has 7 nitrogen and oxygen atoms in total. The third-order valence-electron chi connectivity index (χ3n) is 6.80. The number of carboxylic acids is 1. The molecule has 8 heteroatoms. The standard InChI is InChI=1S/C32H41N3O4S/c1-5-7-8-9-13-20-34(25-16-18-26(19-17-25)40-31(23(3)4)32(38)39)30(37)22-35-28(6-2)33-27(21-29(35)36)24-14-11-10-12-15-24/h10-12,14-19,21,23,31H,5-9,13,20,22H2,1-4H3,(H,38,39)/p-1. The van der Waals surface area contributed by atoms with Crippen LogP contribution in [0.3, 0.4) is 0 Å². The summed E-state index contributed by atoms with van der Waals surface area (Å²) in [6, 6.07) is 18.4. The molecular weight excluding hydrogens is 522 g/mol. The van der Waals surface area contributed by atoms with Crippen molar-refractivity contribution in [3.8, 4) is 11.3 Å². The summed E-state index contributed by atoms with van der Waals surface area (Å²) in [5.41, 5.74) is 1.93. The Bertz CT molecular complexity index is 1310. The van der Waals surface area contributed by atoms with Gasteiger partial charge in [-0.1, -0.05) is 83.7 Å². The number of aryl methyl sites for hydroxylation is 1. The molecule has 0 spiro atoms. The van der Waals surface area contributed by atoms with E-state index in [9.17, 15) is 19.5 Å². The molecule has 1 atom stereocenters. The summed E-state index contributed by atoms with van der Waals surface area (Å²) in [6.07, 6.45) is 5.79. The molecule has 40 heavy (non-hydrogen) atoms. The van der Waals surface area contributed by atoms with E-state index in [0.29, 0.717) is 24.5 Å². The fourth-order valence-corrected chi connectivity index (χ4v) is 5.50. The van der Waals surface area contributed by atoms with Crippen LogP contribution >= 0.6 is 11.8 Å². The van der Waals surface area contributed by atoms with Gasteiger partial charge >= 0.3 is 0 Å². The van der Waals surface area contributed by atoms with Crippen LogP contribution in [0, 0.1) is 5.92 Å². The third-order valence-corrected chi connectivity index (χ3v) is 8.34. The minimum atomic E-state index is -1.09. The zero-order valence-corrected chi connectivity index (χ0v) is 24.8. The van der Waals surface area contributed by atoms with Crippen molar-refractivity contribution < 1.29 is 14.7 Å². The topological polar surface area (TPSA) is 95.3 Å². The molecule has 0 N–H and O–H groups in total. The highest BCUT2D eigenvalue weighted by atomic mass is 32.2. The van der Waals surface area contributed by atoms with Crippen molar-refractivity contribution >= 4 is 29.3 Å². The Morgan fingerprint density at radius 3 is 2.25 bits per heavy atom. The summed E-state index contributed by atoms with van der Waals surface area (Å²) in [5, 5.41) is 10.9. The van der Waals surface area contributed by atoms with Crippen LogP contribution in [-0.4, -0.2) is 33.2 Å². The molecule has 0 aliphatic heterocycles. The average Bonchev–Trinajstić information content (AvgIpc) is 2.95. The van der Waals surface area contributed by atoms with Gasteiger partial charge in [0.2, 0.25) is 5.91 Å². The number of anilines is 1. The SMILES string of the molecule is CCCCCCCN(C(=O)Cn1c(CC)nc(-c2ccccc2)cc1=O)c1ccc(SC(C(=O)[O-])C(C)C)cc1. The highest BCUT2D eigenvalue weighted by Crippen LogP contribution is 2.30. The number of thioether (sulfide) groups is 1. The molecule has 1 aromatic heterocycles. The number of carbonyl (C=O) groups excluding carboxylic acids is 2. The van der Waals surface area contributed by atoms with E-state index in [-0.39, 0.29) is 23.9 Å². The number of hydrogen-bond donors (Lipinski definition) is 0. The zero-order chi connectivity index (χ0) is 29.1. The van der Waals surface area contributed by atoms with Gasteiger partial charge in [0.15, 0.2) is 0 Å². The number of amides is 1. The Labute approximate surface area is 241 Å². The molecule has 0 saturated carbocycles. The van der Waals surface area contributed by atoms with Crippen molar-refractivity contribution in [2.75, 3.05) is 11.4 Å². The Hall–Kier alpha value is -3.39. The first-order valence-corrected chi connectivity index (χ1v) is 15.1. The van der Waals surface area contributed by atoms with Crippen LogP contribution in [0.15, 0.2) is 70.4 Å². The van der Waals surface area contributed by atoms with Crippen LogP contribution < -0.4 is 15.6 Å². The van der Waals surface area contributed by atoms with E-state index >= 15 is 0 Å². The van der Waals surface area contributed by atoms with Crippen molar-refractivity contribution in [1.82, 2.24) is 9.55 Å². The molecule has 214 valence electrons. The Balaban J connectivity index is 1.85. The first-order valence-electron chi connectivity index (χ1n) is 14.2. The largest absolute Gasteiger partial charge is 0.549 e. The fraction of sp³-hybridized carbons (Fsp3) is 0.438. The summed E-state index contributed by atoms with van der Waals surface area (Å²) < 4.78 is 1.47. The van der Waals surface area contributed by atoms with Gasteiger partial charge in [0.1, 0.15) is 12.4 Å². The first-order chi connectivity index (χ1) is 19.2. The number of unbranched alkanes of at least 4 members (excludes halogenated alkanes) is 4. The third kappa shape index (κ3) is 8.55. The normalized spacial score (nSPS) is 11.9. The summed E-state index contributed by atoms with van der Waals surface area (Å²) in [6.45, 7) is 8.24. The highest BCUT2D eigenvalue weighted by molar-refractivity contribution is 8.00. The molecule has 0 radical (unpaired) electrons. The van der Waals surface area contributed by atoms with Gasteiger partial charge in [-0.25, -0.2) is 4.98 Å². The van der Waals surface area contributed by atoms with E-state index < -0.39 is 11.2 Å². The highest BCUT2D eigenvalue weighted by Gasteiger charge is 2.20. The number of rotatable bonds is 15. The molecule has 0 saturated heterocycles. The van der Waals surface area contributed by atoms with Crippen LogP contribution in [0.1, 0.15) is 65.6 Å². The minimum Gasteiger partial charge on any atom is -0.549 e. The van der Waals surface area contributed by atoms with Gasteiger partial charge in [-0.3, -0.25) is 14.2 Å². The van der Waals surface area contributed by atoms with Crippen LogP contribution in [0.25, 0.3) is 11.3 Å². The van der Waals surface area contributed by atoms with E-state index in [4.69, 9.17) is 4.98 Å². The zero-order valence-electron chi connectivity index (χ0n) is 24.0. The first kappa shape index (κ1) is 31.1. The minimum absolute atomic E-state index is 0.0798. The van der Waals surface area contributed by atoms with Gasteiger partial charge in [0.05, 0.1) is 16.9 Å². The molecule has 0 fully saturated rings. The summed E-state index contributed by atoms with van der Waals surface area (Å²) in [4.78, 5) is 45.6. The van der Waals surface area contributed by atoms with Crippen molar-refractivity contribution in [1.29, 1.82) is 0 Å². The molecule has 3 aromatic rings. The number of aromatic nitrogens is 2. The van der Waals surface area contributed by atoms with Gasteiger partial charge in [-0.15, -0.1) is 11.8 Å². The second-order valence-corrected chi connectivity index (χ2v) is 11.5. The van der Waals surface area contributed by atoms with E-state index in [1.165, 1.54) is 22.4 Å². The van der Waals surface area contributed by atoms with Crippen LogP contribution in [0.4, 0.5) is 5.69 Å². The smallest absolute Gasteiger partial charge is 0.254 e. The molecule has 3 rings (SSSR count). The van der Waals surface area contributed by atoms with Crippen LogP contribution in [0.2, 0.25) is 0 Å². The van der Waals surface area contributed by atoms with E-state index in [1.807, 2.05) is 75.4 Å². The predicted octanol–water partition coefficient (Wildman–Crippen LogP) is 5.34. The lowest BCUT2D eigenvalue weighted by Gasteiger charge is -2.25. The van der Waals surface area contributed by atoms with Gasteiger partial charge < -0.3 is 14.8 Å². The fourth-order valence-electron chi connectivity index (χ4n) is 4.55. The monoisotopic (exact) mass is 562 g/mol. The maximum absolute atomic E-state index is 13.7. The molecule has 1 amide bonds. The number of aliphatic carboxylic acids is 1. The Kier molecular flexibility index (Phi) is 12.0. The van der Waals surface area contributed by atoms with Crippen LogP contribution in [-0.2, 0) is 22.6 Å². The van der Waals surface area contributed by atoms with Gasteiger partial charge in [0.25, 0.3) is 5.56 Å². The lowest BCUT2D eigenvalue weighted by atomic mass is 10.1. The molecule has 1 unspecified atom stereocenters. The Morgan fingerprint density at radius 2 is 1.65 bits per heavy atom. The average molecular weight is 563 g/mol. The summed E-state index contributed by atoms with van der Waals surface area (Å²) in [7, 11) is 0. The quantitative estimate of drug-likeness (QED) is 0.183. The van der Waals surface area contributed by atoms with Crippen molar-refractivity contribution in [2.24, 2.45) is 5.92 Å². The number of carbonyl (C=O) groups is 2. The summed E-state index contributed by atoms with van der Waals surface area (Å²) >= 11 is 1.25. The second kappa shape index (κ2) is 15.4. The van der Waals surface area contributed by atoms with Crippen LogP contribution in [0.5, 0.6) is 0 Å². The predicted molar refractivity (Wildman–Crippen MR) is 160 cm³/mol. The number of hydrogen-bond acceptors (Lipinski definition) is 6. The second-order valence-electron chi connectivity index (χ2n) is 10.3. The molecule has 2 aromatic carbocycles. The molecular formula is C32H40N3O4S-. The number of nitrogens with zero attached hydrogens (tertiary/aromatic N) is 3. The number of benzene rings is 2. The number of carboxylic acid groups (broad SMARTS) is 1. The van der Waals surface area contributed by atoms with Crippen molar-refractivity contribution in [3.05, 3.63) is 76.8 Å². The summed E-state index contributed by atoms with van der Waals surface area (Å²) in [5.74, 6) is -0.783. The van der Waals surface area contributed by atoms with Gasteiger partial charge in [0, 0.05) is 35.2 Å². The van der Waals surface area contributed by atoms with Crippen molar-refractivity contribution in [3.63, 3.8) is 0 Å².